The molecule has 4 heteroatoms. The fourth-order valence-corrected chi connectivity index (χ4v) is 2.21. The van der Waals surface area contributed by atoms with Crippen LogP contribution in [-0.4, -0.2) is 25.7 Å². The lowest BCUT2D eigenvalue weighted by Crippen LogP contribution is -2.06. The number of ether oxygens (including phenoxy) is 2. The van der Waals surface area contributed by atoms with Gasteiger partial charge in [-0.25, -0.2) is 0 Å². The van der Waals surface area contributed by atoms with Crippen LogP contribution in [0.1, 0.15) is 11.3 Å². The molecule has 0 fully saturated rings. The van der Waals surface area contributed by atoms with Crippen LogP contribution in [0.2, 0.25) is 0 Å². The van der Waals surface area contributed by atoms with E-state index in [1.54, 1.807) is 14.2 Å². The van der Waals surface area contributed by atoms with Gasteiger partial charge in [0.2, 0.25) is 0 Å². The third-order valence-electron chi connectivity index (χ3n) is 2.97. The number of benzene rings is 1. The number of hydrogen-bond donors (Lipinski definition) is 1. The van der Waals surface area contributed by atoms with Crippen LogP contribution < -0.4 is 15.2 Å². The van der Waals surface area contributed by atoms with E-state index in [2.05, 4.69) is 4.98 Å². The summed E-state index contributed by atoms with van der Waals surface area (Å²) in [5.41, 5.74) is 8.58. The van der Waals surface area contributed by atoms with Gasteiger partial charge in [-0.15, -0.1) is 0 Å². The van der Waals surface area contributed by atoms with Crippen LogP contribution in [0.25, 0.3) is 10.9 Å². The fraction of sp³-hybridized carbons (Fsp3) is 0.357. The van der Waals surface area contributed by atoms with Crippen LogP contribution in [0.4, 0.5) is 0 Å². The third-order valence-corrected chi connectivity index (χ3v) is 2.97. The number of methoxy groups -OCH3 is 2. The Morgan fingerprint density at radius 3 is 2.50 bits per heavy atom. The van der Waals surface area contributed by atoms with E-state index in [4.69, 9.17) is 15.2 Å². The predicted molar refractivity (Wildman–Crippen MR) is 72.3 cm³/mol. The molecule has 0 saturated carbocycles. The molecule has 1 aromatic carbocycles. The number of hydrogen-bond acceptors (Lipinski definition) is 4. The third kappa shape index (κ3) is 2.11. The highest BCUT2D eigenvalue weighted by Crippen LogP contribution is 2.34. The number of aromatic nitrogens is 1. The molecule has 0 atom stereocenters. The second-order valence-corrected chi connectivity index (χ2v) is 4.15. The van der Waals surface area contributed by atoms with Crippen LogP contribution in [0.5, 0.6) is 11.5 Å². The maximum Gasteiger partial charge on any atom is 0.130 e. The summed E-state index contributed by atoms with van der Waals surface area (Å²) in [4.78, 5) is 4.53. The van der Waals surface area contributed by atoms with E-state index in [-0.39, 0.29) is 0 Å². The van der Waals surface area contributed by atoms with Crippen molar-refractivity contribution < 1.29 is 9.47 Å². The molecule has 4 nitrogen and oxygen atoms in total. The zero-order chi connectivity index (χ0) is 13.1. The second-order valence-electron chi connectivity index (χ2n) is 4.15. The minimum absolute atomic E-state index is 0.562. The smallest absolute Gasteiger partial charge is 0.130 e. The Hall–Kier alpha value is -1.81. The molecule has 2 N–H and O–H groups in total. The Morgan fingerprint density at radius 1 is 1.17 bits per heavy atom. The predicted octanol–water partition coefficient (Wildman–Crippen LogP) is 2.06. The molecule has 0 radical (unpaired) electrons. The number of rotatable bonds is 4. The highest BCUT2D eigenvalue weighted by atomic mass is 16.5. The first kappa shape index (κ1) is 12.6. The first-order valence-corrected chi connectivity index (χ1v) is 5.92. The Morgan fingerprint density at radius 2 is 1.89 bits per heavy atom. The Kier molecular flexibility index (Phi) is 3.67. The van der Waals surface area contributed by atoms with Gasteiger partial charge in [-0.05, 0) is 32.0 Å². The van der Waals surface area contributed by atoms with E-state index >= 15 is 0 Å². The lowest BCUT2D eigenvalue weighted by atomic mass is 10.0. The largest absolute Gasteiger partial charge is 0.496 e. The number of pyridine rings is 1. The van der Waals surface area contributed by atoms with Crippen LogP contribution in [0, 0.1) is 6.92 Å². The molecule has 0 aliphatic rings. The minimum atomic E-state index is 0.562. The Balaban J connectivity index is 2.80. The van der Waals surface area contributed by atoms with E-state index in [0.29, 0.717) is 6.54 Å². The molecule has 0 aliphatic heterocycles. The average Bonchev–Trinajstić information content (AvgIpc) is 2.38. The Bertz CT molecular complexity index is 567. The molecule has 0 aliphatic carbocycles. The van der Waals surface area contributed by atoms with Crippen LogP contribution >= 0.6 is 0 Å². The van der Waals surface area contributed by atoms with Gasteiger partial charge in [0.15, 0.2) is 0 Å². The second kappa shape index (κ2) is 5.23. The first-order chi connectivity index (χ1) is 8.71. The van der Waals surface area contributed by atoms with Crippen molar-refractivity contribution in [3.05, 3.63) is 29.5 Å². The molecule has 96 valence electrons. The summed E-state index contributed by atoms with van der Waals surface area (Å²) < 4.78 is 10.9. The summed E-state index contributed by atoms with van der Waals surface area (Å²) in [7, 11) is 3.33. The maximum atomic E-state index is 5.68. The van der Waals surface area contributed by atoms with E-state index in [0.717, 1.165) is 40.1 Å². The highest BCUT2D eigenvalue weighted by molar-refractivity contribution is 5.90. The van der Waals surface area contributed by atoms with Crippen molar-refractivity contribution in [2.24, 2.45) is 5.73 Å². The van der Waals surface area contributed by atoms with Gasteiger partial charge in [-0.1, -0.05) is 0 Å². The molecular formula is C14H18N2O2. The molecule has 1 aromatic heterocycles. The van der Waals surface area contributed by atoms with Crippen LogP contribution in [-0.2, 0) is 6.42 Å². The molecule has 2 aromatic rings. The normalized spacial score (nSPS) is 10.7. The molecule has 0 amide bonds. The van der Waals surface area contributed by atoms with Gasteiger partial charge >= 0.3 is 0 Å². The maximum absolute atomic E-state index is 5.68. The van der Waals surface area contributed by atoms with E-state index in [9.17, 15) is 0 Å². The van der Waals surface area contributed by atoms with Gasteiger partial charge in [0, 0.05) is 22.7 Å². The van der Waals surface area contributed by atoms with E-state index < -0.39 is 0 Å². The van der Waals surface area contributed by atoms with Crippen molar-refractivity contribution in [3.63, 3.8) is 0 Å². The lowest BCUT2D eigenvalue weighted by Gasteiger charge is -2.14. The van der Waals surface area contributed by atoms with Crippen LogP contribution in [0.15, 0.2) is 18.2 Å². The van der Waals surface area contributed by atoms with Crippen LogP contribution in [0.3, 0.4) is 0 Å². The molecule has 0 saturated heterocycles. The van der Waals surface area contributed by atoms with Crippen molar-refractivity contribution in [1.82, 2.24) is 4.98 Å². The zero-order valence-corrected chi connectivity index (χ0v) is 11.0. The number of aryl methyl sites for hydroxylation is 1. The average molecular weight is 246 g/mol. The summed E-state index contributed by atoms with van der Waals surface area (Å²) in [6.45, 7) is 2.52. The zero-order valence-electron chi connectivity index (χ0n) is 11.0. The lowest BCUT2D eigenvalue weighted by molar-refractivity contribution is 0.407. The standard InChI is InChI=1S/C14H18N2O2/c1-9-8-13(18-3)14-10(6-7-15)12(17-2)5-4-11(14)16-9/h4-5,8H,6-7,15H2,1-3H3. The van der Waals surface area contributed by atoms with E-state index in [1.165, 1.54) is 0 Å². The van der Waals surface area contributed by atoms with Crippen molar-refractivity contribution in [2.45, 2.75) is 13.3 Å². The van der Waals surface area contributed by atoms with Crippen molar-refractivity contribution in [2.75, 3.05) is 20.8 Å². The SMILES string of the molecule is COc1ccc2nc(C)cc(OC)c2c1CCN. The van der Waals surface area contributed by atoms with Gasteiger partial charge < -0.3 is 15.2 Å². The molecule has 1 heterocycles. The van der Waals surface area contributed by atoms with Crippen molar-refractivity contribution in [1.29, 1.82) is 0 Å². The van der Waals surface area contributed by atoms with Gasteiger partial charge in [-0.2, -0.15) is 0 Å². The minimum Gasteiger partial charge on any atom is -0.496 e. The fourth-order valence-electron chi connectivity index (χ4n) is 2.21. The summed E-state index contributed by atoms with van der Waals surface area (Å²) in [5, 5.41) is 0.993. The summed E-state index contributed by atoms with van der Waals surface area (Å²) in [5.74, 6) is 1.65. The molecule has 18 heavy (non-hydrogen) atoms. The van der Waals surface area contributed by atoms with E-state index in [1.807, 2.05) is 25.1 Å². The Labute approximate surface area is 107 Å². The van der Waals surface area contributed by atoms with Gasteiger partial charge in [0.25, 0.3) is 0 Å². The number of fused-ring (bicyclic) bond motifs is 1. The van der Waals surface area contributed by atoms with Crippen molar-refractivity contribution in [3.8, 4) is 11.5 Å². The van der Waals surface area contributed by atoms with Gasteiger partial charge in [0.05, 0.1) is 19.7 Å². The highest BCUT2D eigenvalue weighted by Gasteiger charge is 2.13. The van der Waals surface area contributed by atoms with Gasteiger partial charge in [0.1, 0.15) is 11.5 Å². The molecule has 2 rings (SSSR count). The first-order valence-electron chi connectivity index (χ1n) is 5.92. The quantitative estimate of drug-likeness (QED) is 0.897. The summed E-state index contributed by atoms with van der Waals surface area (Å²) in [6, 6.07) is 5.81. The summed E-state index contributed by atoms with van der Waals surface area (Å²) >= 11 is 0. The number of nitrogens with zero attached hydrogens (tertiary/aromatic N) is 1. The monoisotopic (exact) mass is 246 g/mol. The molecule has 0 bridgehead atoms. The number of nitrogens with two attached hydrogens (primary N) is 1. The molecule has 0 unspecified atom stereocenters. The molecule has 0 spiro atoms. The van der Waals surface area contributed by atoms with Crippen molar-refractivity contribution >= 4 is 10.9 Å². The summed E-state index contributed by atoms with van der Waals surface area (Å²) in [6.07, 6.45) is 0.738. The van der Waals surface area contributed by atoms with Gasteiger partial charge in [-0.3, -0.25) is 4.98 Å². The topological polar surface area (TPSA) is 57.4 Å². The molecular weight excluding hydrogens is 228 g/mol.